The number of ketones is 1. The van der Waals surface area contributed by atoms with Crippen LogP contribution in [0.25, 0.3) is 0 Å². The number of benzene rings is 4. The summed E-state index contributed by atoms with van der Waals surface area (Å²) in [4.78, 5) is 16.2. The van der Waals surface area contributed by atoms with Crippen LogP contribution in [0.2, 0.25) is 5.02 Å². The van der Waals surface area contributed by atoms with Crippen LogP contribution >= 0.6 is 23.8 Å². The summed E-state index contributed by atoms with van der Waals surface area (Å²) in [6.07, 6.45) is 1.17. The van der Waals surface area contributed by atoms with Gasteiger partial charge in [0.15, 0.2) is 22.4 Å². The Kier molecular flexibility index (Phi) is 8.83. The smallest absolute Gasteiger partial charge is 0.178 e. The molecule has 4 aromatic rings. The van der Waals surface area contributed by atoms with Crippen LogP contribution in [0.5, 0.6) is 11.5 Å². The highest BCUT2D eigenvalue weighted by molar-refractivity contribution is 7.80. The maximum absolute atomic E-state index is 14.2. The van der Waals surface area contributed by atoms with Gasteiger partial charge in [-0.05, 0) is 90.6 Å². The molecule has 45 heavy (non-hydrogen) atoms. The third-order valence-electron chi connectivity index (χ3n) is 8.04. The van der Waals surface area contributed by atoms with Crippen molar-refractivity contribution in [3.63, 3.8) is 0 Å². The molecule has 1 heterocycles. The SMILES string of the molecule is CCOc1cc([C@H]2C3=C(CC(C)(C)CC3=O)Nc3ccccc3N2C(=S)Nc2ccccc2)ccc1OCc1ccc(Cl)cc1. The quantitative estimate of drug-likeness (QED) is 0.196. The van der Waals surface area contributed by atoms with Gasteiger partial charge in [-0.2, -0.15) is 0 Å². The van der Waals surface area contributed by atoms with Gasteiger partial charge >= 0.3 is 0 Å². The summed E-state index contributed by atoms with van der Waals surface area (Å²) in [6.45, 7) is 7.04. The number of carbonyl (C=O) groups is 1. The van der Waals surface area contributed by atoms with Gasteiger partial charge in [0.1, 0.15) is 6.61 Å². The van der Waals surface area contributed by atoms with Gasteiger partial charge in [0.05, 0.1) is 24.0 Å². The normalized spacial score (nSPS) is 17.0. The molecular weight excluding hydrogens is 602 g/mol. The van der Waals surface area contributed by atoms with E-state index in [1.165, 1.54) is 0 Å². The summed E-state index contributed by atoms with van der Waals surface area (Å²) < 4.78 is 12.4. The average Bonchev–Trinajstić information content (AvgIpc) is 3.16. The first-order chi connectivity index (χ1) is 21.7. The van der Waals surface area contributed by atoms with E-state index >= 15 is 0 Å². The van der Waals surface area contributed by atoms with Crippen molar-refractivity contribution in [3.8, 4) is 11.5 Å². The third kappa shape index (κ3) is 6.70. The Bertz CT molecular complexity index is 1750. The molecule has 1 aliphatic carbocycles. The van der Waals surface area contributed by atoms with Gasteiger partial charge < -0.3 is 25.0 Å². The second-order valence-electron chi connectivity index (χ2n) is 12.1. The lowest BCUT2D eigenvalue weighted by Crippen LogP contribution is -2.41. The number of allylic oxidation sites excluding steroid dienone is 1. The molecule has 0 spiro atoms. The molecule has 1 aliphatic heterocycles. The number of para-hydroxylation sites is 3. The molecule has 6 rings (SSSR count). The number of rotatable bonds is 7. The maximum Gasteiger partial charge on any atom is 0.178 e. The molecule has 0 amide bonds. The van der Waals surface area contributed by atoms with Crippen molar-refractivity contribution in [3.05, 3.63) is 124 Å². The number of thiocarbonyl (C=S) groups is 1. The highest BCUT2D eigenvalue weighted by atomic mass is 35.5. The molecule has 1 atom stereocenters. The molecule has 8 heteroatoms. The first-order valence-electron chi connectivity index (χ1n) is 15.1. The van der Waals surface area contributed by atoms with Gasteiger partial charge in [-0.3, -0.25) is 4.79 Å². The molecular formula is C37H36ClN3O3S. The van der Waals surface area contributed by atoms with E-state index in [0.29, 0.717) is 46.8 Å². The number of Topliss-reactive ketones (excluding diaryl/α,β-unsaturated/α-hetero) is 1. The fourth-order valence-corrected chi connectivity index (χ4v) is 6.50. The summed E-state index contributed by atoms with van der Waals surface area (Å²) in [5, 5.41) is 8.24. The number of nitrogens with one attached hydrogen (secondary N) is 2. The summed E-state index contributed by atoms with van der Waals surface area (Å²) in [6, 6.07) is 30.9. The molecule has 0 unspecified atom stereocenters. The molecule has 0 fully saturated rings. The first-order valence-corrected chi connectivity index (χ1v) is 15.9. The van der Waals surface area contributed by atoms with Gasteiger partial charge in [0.25, 0.3) is 0 Å². The molecule has 2 aliphatic rings. The highest BCUT2D eigenvalue weighted by Crippen LogP contribution is 2.49. The van der Waals surface area contributed by atoms with Crippen molar-refractivity contribution in [2.24, 2.45) is 5.41 Å². The van der Waals surface area contributed by atoms with Crippen molar-refractivity contribution in [2.75, 3.05) is 22.1 Å². The Labute approximate surface area is 275 Å². The largest absolute Gasteiger partial charge is 0.490 e. The zero-order chi connectivity index (χ0) is 31.6. The van der Waals surface area contributed by atoms with Crippen LogP contribution in [0.3, 0.4) is 0 Å². The highest BCUT2D eigenvalue weighted by Gasteiger charge is 2.42. The Morgan fingerprint density at radius 2 is 1.69 bits per heavy atom. The fraction of sp³-hybridized carbons (Fsp3) is 0.243. The predicted octanol–water partition coefficient (Wildman–Crippen LogP) is 9.33. The minimum atomic E-state index is -0.520. The van der Waals surface area contributed by atoms with Crippen molar-refractivity contribution in [2.45, 2.75) is 46.3 Å². The van der Waals surface area contributed by atoms with Crippen LogP contribution in [0.4, 0.5) is 17.1 Å². The standard InChI is InChI=1S/C37H36ClN3O3S/c1-4-43-33-20-25(16-19-32(33)44-23-24-14-17-26(38)18-15-24)35-34-29(21-37(2,3)22-31(34)42)40-28-12-8-9-13-30(28)41(35)36(45)39-27-10-6-5-7-11-27/h5-20,35,40H,4,21-23H2,1-3H3,(H,39,45)/t35-/m0/s1. The van der Waals surface area contributed by atoms with Crippen molar-refractivity contribution in [1.82, 2.24) is 0 Å². The average molecular weight is 638 g/mol. The number of halogens is 1. The minimum absolute atomic E-state index is 0.0973. The summed E-state index contributed by atoms with van der Waals surface area (Å²) >= 11 is 12.2. The number of ether oxygens (including phenoxy) is 2. The van der Waals surface area contributed by atoms with E-state index in [1.807, 2.05) is 104 Å². The Morgan fingerprint density at radius 3 is 2.44 bits per heavy atom. The lowest BCUT2D eigenvalue weighted by molar-refractivity contribution is -0.118. The summed E-state index contributed by atoms with van der Waals surface area (Å²) in [5.74, 6) is 1.31. The molecule has 0 saturated carbocycles. The zero-order valence-corrected chi connectivity index (χ0v) is 27.2. The molecule has 0 radical (unpaired) electrons. The van der Waals surface area contributed by atoms with E-state index in [1.54, 1.807) is 0 Å². The Balaban J connectivity index is 1.48. The number of carbonyl (C=O) groups excluding carboxylic acids is 1. The van der Waals surface area contributed by atoms with E-state index in [-0.39, 0.29) is 11.2 Å². The lowest BCUT2D eigenvalue weighted by atomic mass is 9.73. The van der Waals surface area contributed by atoms with Crippen molar-refractivity contribution < 1.29 is 14.3 Å². The van der Waals surface area contributed by atoms with Crippen LogP contribution in [-0.2, 0) is 11.4 Å². The monoisotopic (exact) mass is 637 g/mol. The molecule has 2 N–H and O–H groups in total. The molecule has 0 bridgehead atoms. The Morgan fingerprint density at radius 1 is 0.956 bits per heavy atom. The second kappa shape index (κ2) is 13.0. The second-order valence-corrected chi connectivity index (χ2v) is 12.9. The van der Waals surface area contributed by atoms with Crippen LogP contribution in [0, 0.1) is 5.41 Å². The van der Waals surface area contributed by atoms with Gasteiger partial charge in [0.2, 0.25) is 0 Å². The lowest BCUT2D eigenvalue weighted by Gasteiger charge is -2.38. The molecule has 4 aromatic carbocycles. The van der Waals surface area contributed by atoms with Gasteiger partial charge in [0, 0.05) is 28.4 Å². The third-order valence-corrected chi connectivity index (χ3v) is 8.59. The van der Waals surface area contributed by atoms with E-state index < -0.39 is 6.04 Å². The number of hydrogen-bond acceptors (Lipinski definition) is 5. The molecule has 6 nitrogen and oxygen atoms in total. The van der Waals surface area contributed by atoms with Crippen LogP contribution in [0.1, 0.15) is 50.8 Å². The van der Waals surface area contributed by atoms with E-state index in [4.69, 9.17) is 33.3 Å². The summed E-state index contributed by atoms with van der Waals surface area (Å²) in [5.41, 5.74) is 5.93. The van der Waals surface area contributed by atoms with E-state index in [2.05, 4.69) is 29.4 Å². The number of fused-ring (bicyclic) bond motifs is 1. The van der Waals surface area contributed by atoms with E-state index in [0.717, 1.165) is 40.3 Å². The number of hydrogen-bond donors (Lipinski definition) is 2. The van der Waals surface area contributed by atoms with Crippen LogP contribution in [0.15, 0.2) is 108 Å². The first kappa shape index (κ1) is 30.7. The molecule has 0 aromatic heterocycles. The molecule has 230 valence electrons. The van der Waals surface area contributed by atoms with Crippen molar-refractivity contribution in [1.29, 1.82) is 0 Å². The van der Waals surface area contributed by atoms with Crippen molar-refractivity contribution >= 4 is 51.8 Å². The Hall–Kier alpha value is -4.33. The van der Waals surface area contributed by atoms with Crippen LogP contribution in [-0.4, -0.2) is 17.5 Å². The van der Waals surface area contributed by atoms with Crippen LogP contribution < -0.4 is 25.0 Å². The topological polar surface area (TPSA) is 62.8 Å². The van der Waals surface area contributed by atoms with Gasteiger partial charge in [-0.1, -0.05) is 74.0 Å². The predicted molar refractivity (Wildman–Crippen MR) is 186 cm³/mol. The zero-order valence-electron chi connectivity index (χ0n) is 25.6. The summed E-state index contributed by atoms with van der Waals surface area (Å²) in [7, 11) is 0. The number of nitrogens with zero attached hydrogens (tertiary/aromatic N) is 1. The minimum Gasteiger partial charge on any atom is -0.490 e. The van der Waals surface area contributed by atoms with Gasteiger partial charge in [-0.25, -0.2) is 0 Å². The maximum atomic E-state index is 14.2. The van der Waals surface area contributed by atoms with Gasteiger partial charge in [-0.15, -0.1) is 0 Å². The van der Waals surface area contributed by atoms with E-state index in [9.17, 15) is 4.79 Å². The molecule has 0 saturated heterocycles. The fourth-order valence-electron chi connectivity index (χ4n) is 6.06. The number of anilines is 3.